The monoisotopic (exact) mass is 264 g/mol. The molecule has 110 valence electrons. The van der Waals surface area contributed by atoms with Crippen molar-refractivity contribution in [1.29, 1.82) is 0 Å². The van der Waals surface area contributed by atoms with Gasteiger partial charge in [0.1, 0.15) is 0 Å². The normalized spacial score (nSPS) is 40.3. The van der Waals surface area contributed by atoms with Crippen molar-refractivity contribution < 1.29 is 0 Å². The van der Waals surface area contributed by atoms with Gasteiger partial charge in [-0.3, -0.25) is 4.90 Å². The molecule has 19 heavy (non-hydrogen) atoms. The highest BCUT2D eigenvalue weighted by atomic mass is 15.2. The van der Waals surface area contributed by atoms with E-state index in [1.165, 1.54) is 64.5 Å². The summed E-state index contributed by atoms with van der Waals surface area (Å²) in [4.78, 5) is 2.78. The van der Waals surface area contributed by atoms with Crippen molar-refractivity contribution in [1.82, 2.24) is 4.90 Å². The first-order chi connectivity index (χ1) is 9.05. The van der Waals surface area contributed by atoms with Gasteiger partial charge in [0, 0.05) is 12.1 Å². The van der Waals surface area contributed by atoms with Crippen LogP contribution in [-0.4, -0.2) is 30.1 Å². The molecule has 3 aliphatic rings. The van der Waals surface area contributed by atoms with Gasteiger partial charge in [-0.1, -0.05) is 26.7 Å². The quantitative estimate of drug-likeness (QED) is 0.846. The third-order valence-electron chi connectivity index (χ3n) is 6.32. The predicted molar refractivity (Wildman–Crippen MR) is 81.1 cm³/mol. The van der Waals surface area contributed by atoms with E-state index in [1.54, 1.807) is 0 Å². The van der Waals surface area contributed by atoms with Crippen LogP contribution in [0.1, 0.15) is 65.2 Å². The smallest absolute Gasteiger partial charge is 0.0334 e. The summed E-state index contributed by atoms with van der Waals surface area (Å²) in [6.45, 7) is 8.29. The molecule has 1 aliphatic heterocycles. The van der Waals surface area contributed by atoms with Gasteiger partial charge in [-0.05, 0) is 68.9 Å². The minimum absolute atomic E-state index is 0.363. The fourth-order valence-electron chi connectivity index (χ4n) is 4.54. The van der Waals surface area contributed by atoms with E-state index in [0.717, 1.165) is 18.4 Å². The standard InChI is InChI=1S/C17H32N2/c1-16(2)8-10-19(11-9-16)17(13-18)7-3-4-15(12-17)14-5-6-14/h14-15H,3-13,18H2,1-2H3. The van der Waals surface area contributed by atoms with E-state index in [0.29, 0.717) is 11.0 Å². The molecule has 3 rings (SSSR count). The summed E-state index contributed by atoms with van der Waals surface area (Å²) in [6.07, 6.45) is 11.3. The van der Waals surface area contributed by atoms with Crippen molar-refractivity contribution >= 4 is 0 Å². The first kappa shape index (κ1) is 13.9. The molecule has 0 aromatic heterocycles. The maximum absolute atomic E-state index is 6.28. The number of likely N-dealkylation sites (tertiary alicyclic amines) is 1. The second-order valence-corrected chi connectivity index (χ2v) is 8.27. The third kappa shape index (κ3) is 2.85. The van der Waals surface area contributed by atoms with Crippen LogP contribution in [0.5, 0.6) is 0 Å². The van der Waals surface area contributed by atoms with Crippen LogP contribution in [0, 0.1) is 17.3 Å². The summed E-state index contributed by atoms with van der Waals surface area (Å²) in [5.74, 6) is 2.06. The number of rotatable bonds is 3. The van der Waals surface area contributed by atoms with Crippen molar-refractivity contribution in [3.8, 4) is 0 Å². The van der Waals surface area contributed by atoms with Crippen molar-refractivity contribution in [2.24, 2.45) is 23.0 Å². The number of hydrogen-bond donors (Lipinski definition) is 1. The highest BCUT2D eigenvalue weighted by Gasteiger charge is 2.45. The zero-order valence-electron chi connectivity index (χ0n) is 13.0. The van der Waals surface area contributed by atoms with E-state index in [4.69, 9.17) is 5.73 Å². The number of hydrogen-bond acceptors (Lipinski definition) is 2. The fraction of sp³-hybridized carbons (Fsp3) is 1.00. The molecule has 0 amide bonds. The maximum atomic E-state index is 6.28. The lowest BCUT2D eigenvalue weighted by Crippen LogP contribution is -2.59. The van der Waals surface area contributed by atoms with Crippen molar-refractivity contribution in [2.45, 2.75) is 70.8 Å². The zero-order valence-corrected chi connectivity index (χ0v) is 13.0. The molecule has 0 spiro atoms. The van der Waals surface area contributed by atoms with Gasteiger partial charge in [0.05, 0.1) is 0 Å². The zero-order chi connectivity index (χ0) is 13.5. The molecule has 2 nitrogen and oxygen atoms in total. The topological polar surface area (TPSA) is 29.3 Å². The molecule has 1 saturated heterocycles. The Hall–Kier alpha value is -0.0800. The van der Waals surface area contributed by atoms with E-state index in [2.05, 4.69) is 18.7 Å². The Labute approximate surface area is 119 Å². The van der Waals surface area contributed by atoms with Gasteiger partial charge >= 0.3 is 0 Å². The highest BCUT2D eigenvalue weighted by molar-refractivity contribution is 5.01. The average molecular weight is 264 g/mol. The van der Waals surface area contributed by atoms with Crippen LogP contribution in [0.15, 0.2) is 0 Å². The molecule has 0 bridgehead atoms. The average Bonchev–Trinajstić information content (AvgIpc) is 3.23. The van der Waals surface area contributed by atoms with Gasteiger partial charge in [0.15, 0.2) is 0 Å². The molecule has 2 saturated carbocycles. The summed E-state index contributed by atoms with van der Waals surface area (Å²) < 4.78 is 0. The summed E-state index contributed by atoms with van der Waals surface area (Å²) in [7, 11) is 0. The number of nitrogens with two attached hydrogens (primary N) is 1. The second kappa shape index (κ2) is 5.04. The summed E-state index contributed by atoms with van der Waals surface area (Å²) in [6, 6.07) is 0. The first-order valence-corrected chi connectivity index (χ1v) is 8.50. The van der Waals surface area contributed by atoms with Crippen LogP contribution in [0.2, 0.25) is 0 Å². The maximum Gasteiger partial charge on any atom is 0.0334 e. The minimum Gasteiger partial charge on any atom is -0.329 e. The molecular formula is C17H32N2. The van der Waals surface area contributed by atoms with Gasteiger partial charge < -0.3 is 5.73 Å². The molecule has 2 atom stereocenters. The van der Waals surface area contributed by atoms with Crippen LogP contribution in [0.3, 0.4) is 0 Å². The predicted octanol–water partition coefficient (Wildman–Crippen LogP) is 3.41. The Bertz CT molecular complexity index is 311. The molecule has 2 aliphatic carbocycles. The van der Waals surface area contributed by atoms with Crippen molar-refractivity contribution in [3.05, 3.63) is 0 Å². The molecular weight excluding hydrogens is 232 g/mol. The minimum atomic E-state index is 0.363. The molecule has 1 heterocycles. The van der Waals surface area contributed by atoms with Crippen molar-refractivity contribution in [2.75, 3.05) is 19.6 Å². The lowest BCUT2D eigenvalue weighted by Gasteiger charge is -2.52. The fourth-order valence-corrected chi connectivity index (χ4v) is 4.54. The molecule has 0 aromatic carbocycles. The van der Waals surface area contributed by atoms with Crippen molar-refractivity contribution in [3.63, 3.8) is 0 Å². The summed E-state index contributed by atoms with van der Waals surface area (Å²) >= 11 is 0. The molecule has 2 heteroatoms. The van der Waals surface area contributed by atoms with E-state index < -0.39 is 0 Å². The van der Waals surface area contributed by atoms with Gasteiger partial charge in [0.2, 0.25) is 0 Å². The van der Waals surface area contributed by atoms with Crippen LogP contribution in [0.4, 0.5) is 0 Å². The summed E-state index contributed by atoms with van der Waals surface area (Å²) in [5, 5.41) is 0. The lowest BCUT2D eigenvalue weighted by atomic mass is 9.71. The largest absolute Gasteiger partial charge is 0.329 e. The molecule has 3 fully saturated rings. The third-order valence-corrected chi connectivity index (χ3v) is 6.32. The van der Waals surface area contributed by atoms with Crippen LogP contribution in [-0.2, 0) is 0 Å². The molecule has 0 aromatic rings. The van der Waals surface area contributed by atoms with Crippen LogP contribution >= 0.6 is 0 Å². The van der Waals surface area contributed by atoms with Gasteiger partial charge in [-0.2, -0.15) is 0 Å². The van der Waals surface area contributed by atoms with E-state index >= 15 is 0 Å². The Morgan fingerprint density at radius 1 is 1.00 bits per heavy atom. The Kier molecular flexibility index (Phi) is 3.68. The SMILES string of the molecule is CC1(C)CCN(C2(CN)CCCC(C3CC3)C2)CC1. The van der Waals surface area contributed by atoms with E-state index in [1.807, 2.05) is 0 Å². The van der Waals surface area contributed by atoms with Gasteiger partial charge in [-0.25, -0.2) is 0 Å². The lowest BCUT2D eigenvalue weighted by molar-refractivity contribution is -0.00764. The Morgan fingerprint density at radius 3 is 2.26 bits per heavy atom. The molecule has 2 N–H and O–H groups in total. The highest BCUT2D eigenvalue weighted by Crippen LogP contribution is 2.48. The molecule has 0 radical (unpaired) electrons. The Balaban J connectivity index is 1.68. The number of piperidine rings is 1. The summed E-state index contributed by atoms with van der Waals surface area (Å²) in [5.41, 5.74) is 7.19. The second-order valence-electron chi connectivity index (χ2n) is 8.27. The Morgan fingerprint density at radius 2 is 1.68 bits per heavy atom. The van der Waals surface area contributed by atoms with E-state index in [9.17, 15) is 0 Å². The van der Waals surface area contributed by atoms with Gasteiger partial charge in [-0.15, -0.1) is 0 Å². The van der Waals surface area contributed by atoms with Crippen LogP contribution < -0.4 is 5.73 Å². The molecule has 2 unspecified atom stereocenters. The van der Waals surface area contributed by atoms with Crippen LogP contribution in [0.25, 0.3) is 0 Å². The van der Waals surface area contributed by atoms with E-state index in [-0.39, 0.29) is 0 Å². The van der Waals surface area contributed by atoms with Gasteiger partial charge in [0.25, 0.3) is 0 Å². The first-order valence-electron chi connectivity index (χ1n) is 8.50. The number of nitrogens with zero attached hydrogens (tertiary/aromatic N) is 1.